The number of carbonyl (C=O) groups excluding carboxylic acids is 1. The molecule has 23 heavy (non-hydrogen) atoms. The van der Waals surface area contributed by atoms with Crippen molar-refractivity contribution in [3.05, 3.63) is 16.1 Å². The van der Waals surface area contributed by atoms with Gasteiger partial charge in [0.25, 0.3) is 5.91 Å². The van der Waals surface area contributed by atoms with Crippen LogP contribution >= 0.6 is 11.3 Å². The number of thiazole rings is 1. The number of likely N-dealkylation sites (N-methyl/N-ethyl adjacent to an activating group) is 1. The van der Waals surface area contributed by atoms with E-state index in [0.717, 1.165) is 36.5 Å². The van der Waals surface area contributed by atoms with Gasteiger partial charge >= 0.3 is 0 Å². The highest BCUT2D eigenvalue weighted by Crippen LogP contribution is 2.26. The van der Waals surface area contributed by atoms with Gasteiger partial charge in [-0.2, -0.15) is 0 Å². The zero-order valence-electron chi connectivity index (χ0n) is 14.5. The Morgan fingerprint density at radius 2 is 1.87 bits per heavy atom. The molecule has 1 aromatic heterocycles. The summed E-state index contributed by atoms with van der Waals surface area (Å²) in [6, 6.07) is 0.631. The Balaban J connectivity index is 1.52. The highest BCUT2D eigenvalue weighted by Gasteiger charge is 2.31. The third-order valence-electron chi connectivity index (χ3n) is 5.56. The van der Waals surface area contributed by atoms with Crippen molar-refractivity contribution in [3.63, 3.8) is 0 Å². The molecule has 0 saturated carbocycles. The molecule has 0 N–H and O–H groups in total. The number of amides is 1. The van der Waals surface area contributed by atoms with E-state index in [1.807, 2.05) is 11.8 Å². The van der Waals surface area contributed by atoms with Gasteiger partial charge in [0.2, 0.25) is 0 Å². The number of piperidine rings is 1. The normalized spacial score (nSPS) is 23.2. The second-order valence-corrected chi connectivity index (χ2v) is 7.83. The summed E-state index contributed by atoms with van der Waals surface area (Å²) in [6.07, 6.45) is 2.24. The fraction of sp³-hybridized carbons (Fsp3) is 0.765. The van der Waals surface area contributed by atoms with Crippen molar-refractivity contribution in [3.8, 4) is 0 Å². The lowest BCUT2D eigenvalue weighted by atomic mass is 9.89. The number of hydrogen-bond donors (Lipinski definition) is 0. The molecule has 2 saturated heterocycles. The average molecular weight is 337 g/mol. The fourth-order valence-corrected chi connectivity index (χ4v) is 4.53. The van der Waals surface area contributed by atoms with Crippen LogP contribution in [0.4, 0.5) is 0 Å². The van der Waals surface area contributed by atoms with Gasteiger partial charge in [0.1, 0.15) is 4.88 Å². The summed E-state index contributed by atoms with van der Waals surface area (Å²) in [7, 11) is 2.20. The lowest BCUT2D eigenvalue weighted by Crippen LogP contribution is -2.52. The Kier molecular flexibility index (Phi) is 5.34. The van der Waals surface area contributed by atoms with Crippen LogP contribution in [0, 0.1) is 12.8 Å². The van der Waals surface area contributed by atoms with Crippen LogP contribution in [0.15, 0.2) is 5.51 Å². The Labute approximate surface area is 143 Å². The van der Waals surface area contributed by atoms with Crippen molar-refractivity contribution in [1.82, 2.24) is 19.7 Å². The predicted molar refractivity (Wildman–Crippen MR) is 94.0 cm³/mol. The van der Waals surface area contributed by atoms with Crippen LogP contribution in [0.1, 0.15) is 35.1 Å². The first-order chi connectivity index (χ1) is 11.1. The monoisotopic (exact) mass is 336 g/mol. The summed E-state index contributed by atoms with van der Waals surface area (Å²) in [5.41, 5.74) is 2.64. The molecule has 0 radical (unpaired) electrons. The zero-order chi connectivity index (χ0) is 16.4. The second kappa shape index (κ2) is 7.28. The maximum Gasteiger partial charge on any atom is 0.265 e. The van der Waals surface area contributed by atoms with E-state index in [2.05, 4.69) is 28.8 Å². The van der Waals surface area contributed by atoms with Gasteiger partial charge in [0, 0.05) is 45.3 Å². The molecule has 3 rings (SSSR count). The summed E-state index contributed by atoms with van der Waals surface area (Å²) in [5.74, 6) is 0.890. The Bertz CT molecular complexity index is 530. The molecular formula is C17H28N4OS. The van der Waals surface area contributed by atoms with E-state index in [0.29, 0.717) is 12.0 Å². The van der Waals surface area contributed by atoms with E-state index >= 15 is 0 Å². The Hall–Kier alpha value is -0.980. The number of rotatable bonds is 3. The molecule has 5 nitrogen and oxygen atoms in total. The van der Waals surface area contributed by atoms with Crippen LogP contribution in [-0.4, -0.2) is 77.9 Å². The zero-order valence-corrected chi connectivity index (χ0v) is 15.3. The molecule has 1 aromatic rings. The van der Waals surface area contributed by atoms with Gasteiger partial charge in [-0.05, 0) is 39.7 Å². The van der Waals surface area contributed by atoms with E-state index in [-0.39, 0.29) is 5.91 Å². The van der Waals surface area contributed by atoms with Crippen LogP contribution < -0.4 is 0 Å². The van der Waals surface area contributed by atoms with Crippen LogP contribution in [-0.2, 0) is 0 Å². The Morgan fingerprint density at radius 3 is 2.43 bits per heavy atom. The van der Waals surface area contributed by atoms with Crippen LogP contribution in [0.25, 0.3) is 0 Å². The highest BCUT2D eigenvalue weighted by atomic mass is 32.1. The topological polar surface area (TPSA) is 39.7 Å². The van der Waals surface area contributed by atoms with E-state index in [9.17, 15) is 4.79 Å². The largest absolute Gasteiger partial charge is 0.338 e. The number of nitrogens with zero attached hydrogens (tertiary/aromatic N) is 4. The summed E-state index contributed by atoms with van der Waals surface area (Å²) in [6.45, 7) is 10.8. The number of aromatic nitrogens is 1. The van der Waals surface area contributed by atoms with Gasteiger partial charge in [0.15, 0.2) is 0 Å². The van der Waals surface area contributed by atoms with Crippen molar-refractivity contribution in [2.24, 2.45) is 5.92 Å². The van der Waals surface area contributed by atoms with Gasteiger partial charge in [-0.1, -0.05) is 0 Å². The van der Waals surface area contributed by atoms with E-state index in [1.165, 1.54) is 37.5 Å². The van der Waals surface area contributed by atoms with E-state index < -0.39 is 0 Å². The molecule has 1 amide bonds. The summed E-state index contributed by atoms with van der Waals surface area (Å²) < 4.78 is 0. The molecule has 2 aliphatic heterocycles. The number of piperazine rings is 1. The minimum atomic E-state index is 0.177. The number of aryl methyl sites for hydroxylation is 1. The lowest BCUT2D eigenvalue weighted by molar-refractivity contribution is 0.0502. The van der Waals surface area contributed by atoms with Crippen LogP contribution in [0.3, 0.4) is 0 Å². The highest BCUT2D eigenvalue weighted by molar-refractivity contribution is 7.11. The van der Waals surface area contributed by atoms with Gasteiger partial charge in [0.05, 0.1) is 11.2 Å². The van der Waals surface area contributed by atoms with E-state index in [1.54, 1.807) is 5.51 Å². The fourth-order valence-electron chi connectivity index (χ4n) is 3.76. The third-order valence-corrected chi connectivity index (χ3v) is 6.48. The number of hydrogen-bond acceptors (Lipinski definition) is 5. The average Bonchev–Trinajstić information content (AvgIpc) is 3.00. The maximum atomic E-state index is 12.6. The lowest BCUT2D eigenvalue weighted by Gasteiger charge is -2.42. The first-order valence-corrected chi connectivity index (χ1v) is 9.56. The van der Waals surface area contributed by atoms with Crippen molar-refractivity contribution < 1.29 is 4.79 Å². The molecule has 6 heteroatoms. The van der Waals surface area contributed by atoms with Crippen molar-refractivity contribution >= 4 is 17.2 Å². The molecule has 128 valence electrons. The van der Waals surface area contributed by atoms with E-state index in [4.69, 9.17) is 0 Å². The van der Waals surface area contributed by atoms with Crippen molar-refractivity contribution in [2.45, 2.75) is 32.7 Å². The molecule has 0 bridgehead atoms. The molecule has 1 atom stereocenters. The SMILES string of the molecule is Cc1ncsc1C(=O)N1CCC(C(C)N2CCN(C)CC2)CC1. The van der Waals surface area contributed by atoms with Crippen molar-refractivity contribution in [1.29, 1.82) is 0 Å². The smallest absolute Gasteiger partial charge is 0.265 e. The molecule has 0 aromatic carbocycles. The minimum absolute atomic E-state index is 0.177. The third kappa shape index (κ3) is 3.75. The minimum Gasteiger partial charge on any atom is -0.338 e. The Morgan fingerprint density at radius 1 is 1.22 bits per heavy atom. The van der Waals surface area contributed by atoms with Gasteiger partial charge in [-0.3, -0.25) is 9.69 Å². The molecule has 0 aliphatic carbocycles. The molecule has 1 unspecified atom stereocenters. The summed E-state index contributed by atoms with van der Waals surface area (Å²) >= 11 is 1.47. The quantitative estimate of drug-likeness (QED) is 0.846. The number of likely N-dealkylation sites (tertiary alicyclic amines) is 1. The predicted octanol–water partition coefficient (Wildman–Crippen LogP) is 1.94. The summed E-state index contributed by atoms with van der Waals surface area (Å²) in [5, 5.41) is 0. The number of carbonyl (C=O) groups is 1. The molecule has 2 aliphatic rings. The molecule has 2 fully saturated rings. The standard InChI is InChI=1S/C17H28N4OS/c1-13-16(23-12-18-13)17(22)21-6-4-15(5-7-21)14(2)20-10-8-19(3)9-11-20/h12,14-15H,4-11H2,1-3H3. The van der Waals surface area contributed by atoms with Gasteiger partial charge in [-0.25, -0.2) is 4.98 Å². The molecule has 3 heterocycles. The van der Waals surface area contributed by atoms with Crippen molar-refractivity contribution in [2.75, 3.05) is 46.3 Å². The van der Waals surface area contributed by atoms with Crippen LogP contribution in [0.5, 0.6) is 0 Å². The van der Waals surface area contributed by atoms with Crippen LogP contribution in [0.2, 0.25) is 0 Å². The molecular weight excluding hydrogens is 308 g/mol. The summed E-state index contributed by atoms with van der Waals surface area (Å²) in [4.78, 5) is 24.7. The van der Waals surface area contributed by atoms with Gasteiger partial charge in [-0.15, -0.1) is 11.3 Å². The maximum absolute atomic E-state index is 12.6. The van der Waals surface area contributed by atoms with Gasteiger partial charge < -0.3 is 9.80 Å². The first kappa shape index (κ1) is 16.9. The molecule has 0 spiro atoms. The second-order valence-electron chi connectivity index (χ2n) is 6.98. The first-order valence-electron chi connectivity index (χ1n) is 8.68.